The number of benzene rings is 3. The molecule has 0 fully saturated rings. The predicted molar refractivity (Wildman–Crippen MR) is 119 cm³/mol. The minimum Gasteiger partial charge on any atom is -0.344 e. The lowest BCUT2D eigenvalue weighted by Gasteiger charge is -2.22. The molecular weight excluding hydrogens is 374 g/mol. The first-order valence-electron chi connectivity index (χ1n) is 10.00. The Kier molecular flexibility index (Phi) is 6.82. The number of nitrogens with one attached hydrogen (secondary N) is 2. The monoisotopic (exact) mass is 399 g/mol. The zero-order valence-electron chi connectivity index (χ0n) is 17.2. The lowest BCUT2D eigenvalue weighted by atomic mass is 10.0. The van der Waals surface area contributed by atoms with Crippen molar-refractivity contribution < 1.29 is 9.59 Å². The van der Waals surface area contributed by atoms with Gasteiger partial charge in [-0.2, -0.15) is 5.26 Å². The Bertz CT molecular complexity index is 1080. The van der Waals surface area contributed by atoms with Crippen LogP contribution in [0.2, 0.25) is 0 Å². The quantitative estimate of drug-likeness (QED) is 0.624. The molecule has 30 heavy (non-hydrogen) atoms. The summed E-state index contributed by atoms with van der Waals surface area (Å²) in [5.41, 5.74) is 2.43. The van der Waals surface area contributed by atoms with Gasteiger partial charge in [0, 0.05) is 5.69 Å². The maximum atomic E-state index is 12.7. The van der Waals surface area contributed by atoms with Crippen LogP contribution >= 0.6 is 0 Å². The Morgan fingerprint density at radius 2 is 1.60 bits per heavy atom. The molecular formula is C25H25N3O2. The smallest absolute Gasteiger partial charge is 0.247 e. The number of nitriles is 1. The van der Waals surface area contributed by atoms with Gasteiger partial charge in [0.15, 0.2) is 0 Å². The summed E-state index contributed by atoms with van der Waals surface area (Å²) in [6.45, 7) is 3.80. The summed E-state index contributed by atoms with van der Waals surface area (Å²) < 4.78 is 0. The largest absolute Gasteiger partial charge is 0.344 e. The molecule has 5 nitrogen and oxygen atoms in total. The maximum absolute atomic E-state index is 12.7. The van der Waals surface area contributed by atoms with Crippen molar-refractivity contribution in [3.05, 3.63) is 77.9 Å². The summed E-state index contributed by atoms with van der Waals surface area (Å²) >= 11 is 0. The van der Waals surface area contributed by atoms with Crippen LogP contribution in [-0.4, -0.2) is 17.9 Å². The second-order valence-electron chi connectivity index (χ2n) is 7.67. The average molecular weight is 399 g/mol. The molecule has 0 radical (unpaired) electrons. The lowest BCUT2D eigenvalue weighted by molar-refractivity contribution is -0.127. The number of carbonyl (C=O) groups excluding carboxylic acids is 2. The van der Waals surface area contributed by atoms with Crippen LogP contribution in [0.25, 0.3) is 10.8 Å². The molecule has 2 N–H and O–H groups in total. The van der Waals surface area contributed by atoms with E-state index in [0.717, 1.165) is 21.9 Å². The number of anilines is 1. The van der Waals surface area contributed by atoms with Crippen molar-refractivity contribution in [3.8, 4) is 6.07 Å². The minimum atomic E-state index is -0.642. The fraction of sp³-hybridized carbons (Fsp3) is 0.240. The van der Waals surface area contributed by atoms with Gasteiger partial charge in [-0.25, -0.2) is 0 Å². The zero-order chi connectivity index (χ0) is 21.5. The number of fused-ring (bicyclic) bond motifs is 1. The van der Waals surface area contributed by atoms with Crippen LogP contribution in [0.3, 0.4) is 0 Å². The molecule has 5 heteroatoms. The van der Waals surface area contributed by atoms with Crippen LogP contribution in [0.4, 0.5) is 5.69 Å². The molecule has 1 unspecified atom stereocenters. The third-order valence-corrected chi connectivity index (χ3v) is 4.95. The number of carbonyl (C=O) groups is 2. The minimum absolute atomic E-state index is 0.0663. The highest BCUT2D eigenvalue weighted by Gasteiger charge is 2.24. The van der Waals surface area contributed by atoms with Crippen molar-refractivity contribution in [1.29, 1.82) is 5.26 Å². The fourth-order valence-electron chi connectivity index (χ4n) is 3.31. The molecule has 0 aromatic heterocycles. The highest BCUT2D eigenvalue weighted by atomic mass is 16.2. The molecule has 0 aliphatic carbocycles. The van der Waals surface area contributed by atoms with E-state index in [1.165, 1.54) is 0 Å². The van der Waals surface area contributed by atoms with E-state index in [1.807, 2.05) is 68.4 Å². The summed E-state index contributed by atoms with van der Waals surface area (Å²) in [5.74, 6) is -0.517. The highest BCUT2D eigenvalue weighted by molar-refractivity contribution is 5.97. The number of hydrogen-bond donors (Lipinski definition) is 2. The Morgan fingerprint density at radius 1 is 0.933 bits per heavy atom. The van der Waals surface area contributed by atoms with Gasteiger partial charge in [-0.1, -0.05) is 68.4 Å². The predicted octanol–water partition coefficient (Wildman–Crippen LogP) is 4.23. The molecule has 1 atom stereocenters. The van der Waals surface area contributed by atoms with Crippen molar-refractivity contribution in [1.82, 2.24) is 5.32 Å². The van der Waals surface area contributed by atoms with Crippen molar-refractivity contribution in [2.45, 2.75) is 32.7 Å². The third-order valence-electron chi connectivity index (χ3n) is 4.95. The summed E-state index contributed by atoms with van der Waals surface area (Å²) in [6.07, 6.45) is 0.540. The van der Waals surface area contributed by atoms with Crippen LogP contribution < -0.4 is 10.6 Å². The van der Waals surface area contributed by atoms with E-state index >= 15 is 0 Å². The van der Waals surface area contributed by atoms with Gasteiger partial charge in [-0.3, -0.25) is 9.59 Å². The molecule has 0 spiro atoms. The molecule has 0 saturated carbocycles. The van der Waals surface area contributed by atoms with Gasteiger partial charge in [0.1, 0.15) is 6.04 Å². The Hall–Kier alpha value is -3.65. The van der Waals surface area contributed by atoms with Crippen molar-refractivity contribution in [3.63, 3.8) is 0 Å². The van der Waals surface area contributed by atoms with Gasteiger partial charge in [0.05, 0.1) is 18.9 Å². The summed E-state index contributed by atoms with van der Waals surface area (Å²) in [7, 11) is 0. The van der Waals surface area contributed by atoms with Gasteiger partial charge < -0.3 is 10.6 Å². The molecule has 3 aromatic rings. The van der Waals surface area contributed by atoms with E-state index in [-0.39, 0.29) is 24.2 Å². The first kappa shape index (κ1) is 21.1. The second-order valence-corrected chi connectivity index (χ2v) is 7.67. The van der Waals surface area contributed by atoms with Crippen LogP contribution in [-0.2, 0) is 22.4 Å². The number of amides is 2. The van der Waals surface area contributed by atoms with E-state index in [9.17, 15) is 9.59 Å². The molecule has 0 saturated heterocycles. The molecule has 3 rings (SSSR count). The van der Waals surface area contributed by atoms with E-state index in [0.29, 0.717) is 12.1 Å². The first-order valence-corrected chi connectivity index (χ1v) is 10.00. The average Bonchev–Trinajstić information content (AvgIpc) is 2.73. The van der Waals surface area contributed by atoms with Crippen LogP contribution in [0.5, 0.6) is 0 Å². The Balaban J connectivity index is 1.64. The van der Waals surface area contributed by atoms with Gasteiger partial charge in [0.2, 0.25) is 11.8 Å². The van der Waals surface area contributed by atoms with Crippen molar-refractivity contribution in [2.24, 2.45) is 5.92 Å². The van der Waals surface area contributed by atoms with Gasteiger partial charge in [0.25, 0.3) is 0 Å². The molecule has 0 heterocycles. The number of rotatable bonds is 7. The third kappa shape index (κ3) is 5.45. The number of hydrogen-bond acceptors (Lipinski definition) is 3. The maximum Gasteiger partial charge on any atom is 0.247 e. The van der Waals surface area contributed by atoms with E-state index < -0.39 is 6.04 Å². The van der Waals surface area contributed by atoms with Crippen LogP contribution in [0.1, 0.15) is 25.0 Å². The van der Waals surface area contributed by atoms with Gasteiger partial charge in [-0.05, 0) is 39.9 Å². The molecule has 0 bridgehead atoms. The standard InChI is InChI=1S/C25H25N3O2/c1-17(2)24(25(30)27-22-11-8-18(9-12-22)13-14-26)28-23(29)16-19-7-10-20-5-3-4-6-21(20)15-19/h3-12,15,17,24H,13,16H2,1-2H3,(H,27,30)(H,28,29). The first-order chi connectivity index (χ1) is 14.5. The summed E-state index contributed by atoms with van der Waals surface area (Å²) in [6, 6.07) is 22.5. The molecule has 0 aliphatic rings. The molecule has 152 valence electrons. The summed E-state index contributed by atoms with van der Waals surface area (Å²) in [4.78, 5) is 25.4. The van der Waals surface area contributed by atoms with Crippen molar-refractivity contribution >= 4 is 28.3 Å². The van der Waals surface area contributed by atoms with E-state index in [1.54, 1.807) is 12.1 Å². The van der Waals surface area contributed by atoms with E-state index in [4.69, 9.17) is 5.26 Å². The Labute approximate surface area is 176 Å². The van der Waals surface area contributed by atoms with Gasteiger partial charge >= 0.3 is 0 Å². The summed E-state index contributed by atoms with van der Waals surface area (Å²) in [5, 5.41) is 16.7. The number of nitrogens with zero attached hydrogens (tertiary/aromatic N) is 1. The molecule has 2 amide bonds. The van der Waals surface area contributed by atoms with E-state index in [2.05, 4.69) is 16.7 Å². The van der Waals surface area contributed by atoms with Crippen LogP contribution in [0.15, 0.2) is 66.7 Å². The Morgan fingerprint density at radius 3 is 2.27 bits per heavy atom. The zero-order valence-corrected chi connectivity index (χ0v) is 17.2. The molecule has 0 aliphatic heterocycles. The highest BCUT2D eigenvalue weighted by Crippen LogP contribution is 2.16. The lowest BCUT2D eigenvalue weighted by Crippen LogP contribution is -2.47. The normalized spacial score (nSPS) is 11.7. The van der Waals surface area contributed by atoms with Crippen molar-refractivity contribution in [2.75, 3.05) is 5.32 Å². The molecule has 3 aromatic carbocycles. The van der Waals surface area contributed by atoms with Gasteiger partial charge in [-0.15, -0.1) is 0 Å². The SMILES string of the molecule is CC(C)C(NC(=O)Cc1ccc2ccccc2c1)C(=O)Nc1ccc(CC#N)cc1. The second kappa shape index (κ2) is 9.71. The fourth-order valence-corrected chi connectivity index (χ4v) is 3.31. The van der Waals surface area contributed by atoms with Crippen LogP contribution in [0, 0.1) is 17.2 Å². The topological polar surface area (TPSA) is 82.0 Å².